The molecule has 0 spiro atoms. The first-order valence-electron chi connectivity index (χ1n) is 4.45. The molecule has 106 valence electrons. The van der Waals surface area contributed by atoms with Crippen LogP contribution in [0, 0.1) is 0 Å². The molecule has 19 heavy (non-hydrogen) atoms. The van der Waals surface area contributed by atoms with Gasteiger partial charge in [-0.1, -0.05) is 0 Å². The highest BCUT2D eigenvalue weighted by atomic mass is 19.4. The van der Waals surface area contributed by atoms with E-state index in [4.69, 9.17) is 0 Å². The second-order valence-electron chi connectivity index (χ2n) is 3.08. The predicted molar refractivity (Wildman–Crippen MR) is 47.9 cm³/mol. The van der Waals surface area contributed by atoms with Gasteiger partial charge in [-0.05, 0) is 0 Å². The molecule has 1 heterocycles. The fourth-order valence-corrected chi connectivity index (χ4v) is 1.23. The Labute approximate surface area is 101 Å². The zero-order valence-electron chi connectivity index (χ0n) is 9.09. The maximum atomic E-state index is 12.7. The number of ether oxygens (including phenoxy) is 2. The van der Waals surface area contributed by atoms with Gasteiger partial charge < -0.3 is 9.47 Å². The van der Waals surface area contributed by atoms with Crippen molar-refractivity contribution < 1.29 is 40.6 Å². The average molecular weight is 289 g/mol. The standard InChI is InChI=1S/C9H5F6NO3/c1-18-5-2-16-7(19-9(13,14)15)6(4(5)3-17)8(10,11)12/h2-3H,1H3. The van der Waals surface area contributed by atoms with Gasteiger partial charge in [-0.25, -0.2) is 4.98 Å². The summed E-state index contributed by atoms with van der Waals surface area (Å²) in [7, 11) is 0.939. The molecule has 0 fully saturated rings. The van der Waals surface area contributed by atoms with E-state index in [1.165, 1.54) is 0 Å². The molecule has 0 N–H and O–H groups in total. The van der Waals surface area contributed by atoms with Crippen molar-refractivity contribution in [1.82, 2.24) is 4.98 Å². The van der Waals surface area contributed by atoms with Crippen molar-refractivity contribution in [2.75, 3.05) is 7.11 Å². The summed E-state index contributed by atoms with van der Waals surface area (Å²) in [5, 5.41) is 0. The summed E-state index contributed by atoms with van der Waals surface area (Å²) in [6, 6.07) is 0. The van der Waals surface area contributed by atoms with Crippen molar-refractivity contribution in [2.24, 2.45) is 0 Å². The van der Waals surface area contributed by atoms with E-state index in [1.54, 1.807) is 0 Å². The van der Waals surface area contributed by atoms with Crippen molar-refractivity contribution in [3.63, 3.8) is 0 Å². The minimum atomic E-state index is -5.37. The van der Waals surface area contributed by atoms with Crippen molar-refractivity contribution in [1.29, 1.82) is 0 Å². The summed E-state index contributed by atoms with van der Waals surface area (Å²) >= 11 is 0. The lowest BCUT2D eigenvalue weighted by molar-refractivity contribution is -0.277. The maximum Gasteiger partial charge on any atom is 0.574 e. The van der Waals surface area contributed by atoms with Gasteiger partial charge in [0, 0.05) is 0 Å². The van der Waals surface area contributed by atoms with Crippen LogP contribution in [0.4, 0.5) is 26.3 Å². The zero-order chi connectivity index (χ0) is 14.8. The summed E-state index contributed by atoms with van der Waals surface area (Å²) in [4.78, 5) is 13.5. The Kier molecular flexibility index (Phi) is 3.91. The molecule has 0 amide bonds. The zero-order valence-corrected chi connectivity index (χ0v) is 9.09. The monoisotopic (exact) mass is 289 g/mol. The Bertz CT molecular complexity index is 482. The number of hydrogen-bond donors (Lipinski definition) is 0. The van der Waals surface area contributed by atoms with E-state index in [0.29, 0.717) is 6.20 Å². The van der Waals surface area contributed by atoms with Crippen LogP contribution >= 0.6 is 0 Å². The van der Waals surface area contributed by atoms with Crippen molar-refractivity contribution in [3.05, 3.63) is 17.3 Å². The lowest BCUT2D eigenvalue weighted by Crippen LogP contribution is -2.22. The maximum absolute atomic E-state index is 12.7. The Morgan fingerprint density at radius 3 is 2.16 bits per heavy atom. The molecule has 0 aliphatic heterocycles. The van der Waals surface area contributed by atoms with E-state index in [1.807, 2.05) is 0 Å². The second-order valence-corrected chi connectivity index (χ2v) is 3.08. The van der Waals surface area contributed by atoms with Crippen LogP contribution in [0.3, 0.4) is 0 Å². The van der Waals surface area contributed by atoms with Gasteiger partial charge >= 0.3 is 12.5 Å². The first-order chi connectivity index (χ1) is 8.60. The highest BCUT2D eigenvalue weighted by Crippen LogP contribution is 2.41. The number of hydrogen-bond acceptors (Lipinski definition) is 4. The highest BCUT2D eigenvalue weighted by Gasteiger charge is 2.43. The fourth-order valence-electron chi connectivity index (χ4n) is 1.23. The van der Waals surface area contributed by atoms with Crippen LogP contribution < -0.4 is 9.47 Å². The Morgan fingerprint density at radius 1 is 1.21 bits per heavy atom. The molecular weight excluding hydrogens is 284 g/mol. The summed E-state index contributed by atoms with van der Waals surface area (Å²) in [6.45, 7) is 0. The van der Waals surface area contributed by atoms with Gasteiger partial charge in [-0.15, -0.1) is 13.2 Å². The van der Waals surface area contributed by atoms with Gasteiger partial charge in [0.15, 0.2) is 6.29 Å². The summed E-state index contributed by atoms with van der Waals surface area (Å²) in [5.41, 5.74) is -3.07. The molecule has 0 saturated heterocycles. The topological polar surface area (TPSA) is 48.4 Å². The molecule has 10 heteroatoms. The largest absolute Gasteiger partial charge is 0.574 e. The first-order valence-corrected chi connectivity index (χ1v) is 4.45. The van der Waals surface area contributed by atoms with Crippen LogP contribution in [-0.2, 0) is 6.18 Å². The smallest absolute Gasteiger partial charge is 0.494 e. The molecule has 0 atom stereocenters. The van der Waals surface area contributed by atoms with Gasteiger partial charge in [0.2, 0.25) is 5.88 Å². The second kappa shape index (κ2) is 4.94. The van der Waals surface area contributed by atoms with Crippen LogP contribution in [0.25, 0.3) is 0 Å². The molecule has 0 saturated carbocycles. The lowest BCUT2D eigenvalue weighted by atomic mass is 10.1. The van der Waals surface area contributed by atoms with Gasteiger partial charge in [0.05, 0.1) is 18.9 Å². The van der Waals surface area contributed by atoms with E-state index in [-0.39, 0.29) is 6.29 Å². The van der Waals surface area contributed by atoms with Crippen molar-refractivity contribution in [2.45, 2.75) is 12.5 Å². The lowest BCUT2D eigenvalue weighted by Gasteiger charge is -2.17. The molecule has 0 bridgehead atoms. The Hall–Kier alpha value is -2.00. The number of alkyl halides is 6. The Balaban J connectivity index is 3.52. The molecule has 1 aromatic rings. The number of halogens is 6. The molecule has 4 nitrogen and oxygen atoms in total. The fraction of sp³-hybridized carbons (Fsp3) is 0.333. The molecule has 1 aromatic heterocycles. The first kappa shape index (κ1) is 15.1. The van der Waals surface area contributed by atoms with Crippen LogP contribution in [0.1, 0.15) is 15.9 Å². The quantitative estimate of drug-likeness (QED) is 0.634. The third-order valence-corrected chi connectivity index (χ3v) is 1.88. The molecule has 0 aromatic carbocycles. The van der Waals surface area contributed by atoms with E-state index in [2.05, 4.69) is 14.5 Å². The number of carbonyl (C=O) groups is 1. The number of nitrogens with zero attached hydrogens (tertiary/aromatic N) is 1. The van der Waals surface area contributed by atoms with Crippen LogP contribution in [0.2, 0.25) is 0 Å². The number of pyridine rings is 1. The number of aromatic nitrogens is 1. The van der Waals surface area contributed by atoms with E-state index in [0.717, 1.165) is 7.11 Å². The number of methoxy groups -OCH3 is 1. The van der Waals surface area contributed by atoms with Gasteiger partial charge in [-0.3, -0.25) is 4.79 Å². The van der Waals surface area contributed by atoms with Gasteiger partial charge in [0.1, 0.15) is 11.3 Å². The van der Waals surface area contributed by atoms with Crippen molar-refractivity contribution >= 4 is 6.29 Å². The number of rotatable bonds is 3. The average Bonchev–Trinajstić information content (AvgIpc) is 2.24. The minimum Gasteiger partial charge on any atom is -0.494 e. The number of carbonyl (C=O) groups excluding carboxylic acids is 1. The van der Waals surface area contributed by atoms with Gasteiger partial charge in [0.25, 0.3) is 0 Å². The summed E-state index contributed by atoms with van der Waals surface area (Å²) < 4.78 is 81.6. The van der Waals surface area contributed by atoms with Crippen LogP contribution in [-0.4, -0.2) is 24.7 Å². The molecule has 1 rings (SSSR count). The number of aldehydes is 1. The summed E-state index contributed by atoms with van der Waals surface area (Å²) in [5.74, 6) is -2.38. The molecular formula is C9H5F6NO3. The minimum absolute atomic E-state index is 0.285. The molecule has 0 radical (unpaired) electrons. The van der Waals surface area contributed by atoms with Crippen molar-refractivity contribution in [3.8, 4) is 11.6 Å². The van der Waals surface area contributed by atoms with Crippen LogP contribution in [0.5, 0.6) is 11.6 Å². The SMILES string of the molecule is COc1cnc(OC(F)(F)F)c(C(F)(F)F)c1C=O. The third-order valence-electron chi connectivity index (χ3n) is 1.88. The van der Waals surface area contributed by atoms with E-state index < -0.39 is 35.3 Å². The third kappa shape index (κ3) is 3.48. The normalized spacial score (nSPS) is 12.2. The molecule has 0 aliphatic carbocycles. The van der Waals surface area contributed by atoms with Gasteiger partial charge in [-0.2, -0.15) is 13.2 Å². The summed E-state index contributed by atoms with van der Waals surface area (Å²) in [6.07, 6.45) is -10.4. The Morgan fingerprint density at radius 2 is 1.79 bits per heavy atom. The van der Waals surface area contributed by atoms with E-state index in [9.17, 15) is 31.1 Å². The van der Waals surface area contributed by atoms with E-state index >= 15 is 0 Å². The predicted octanol–water partition coefficient (Wildman–Crippen LogP) is 2.82. The van der Waals surface area contributed by atoms with Crippen LogP contribution in [0.15, 0.2) is 6.20 Å². The molecule has 0 aliphatic rings. The highest BCUT2D eigenvalue weighted by molar-refractivity contribution is 5.82. The molecule has 0 unspecified atom stereocenters.